The summed E-state index contributed by atoms with van der Waals surface area (Å²) in [4.78, 5) is 14.0. The Kier molecular flexibility index (Phi) is 6.17. The van der Waals surface area contributed by atoms with Gasteiger partial charge in [0.05, 0.1) is 7.11 Å². The second-order valence-corrected chi connectivity index (χ2v) is 7.76. The number of aromatic nitrogens is 1. The Labute approximate surface area is 173 Å². The molecule has 150 valence electrons. The minimum atomic E-state index is -0.175. The van der Waals surface area contributed by atoms with Crippen molar-refractivity contribution in [1.29, 1.82) is 0 Å². The first-order valence-corrected chi connectivity index (χ1v) is 10.5. The van der Waals surface area contributed by atoms with Gasteiger partial charge in [0.1, 0.15) is 24.1 Å². The molecule has 0 unspecified atom stereocenters. The number of esters is 1. The Bertz CT molecular complexity index is 943. The molecular weight excluding hydrogens is 388 g/mol. The van der Waals surface area contributed by atoms with Crippen LogP contribution in [-0.4, -0.2) is 40.8 Å². The highest BCUT2D eigenvalue weighted by Gasteiger charge is 2.31. The summed E-state index contributed by atoms with van der Waals surface area (Å²) in [5.74, 6) is 2.86. The van der Waals surface area contributed by atoms with Crippen LogP contribution in [0.4, 0.5) is 0 Å². The molecule has 0 bridgehead atoms. The molecule has 0 N–H and O–H groups in total. The van der Waals surface area contributed by atoms with E-state index in [0.29, 0.717) is 18.9 Å². The zero-order valence-electron chi connectivity index (χ0n) is 16.1. The second-order valence-electron chi connectivity index (χ2n) is 6.76. The SMILES string of the molecule is COC(=O)[C@@H]1CSCN1Cc1ccc(OCc2cc(-c3ccccc3)no2)cc1. The first-order valence-electron chi connectivity index (χ1n) is 9.35. The van der Waals surface area contributed by atoms with E-state index in [2.05, 4.69) is 10.1 Å². The van der Waals surface area contributed by atoms with Gasteiger partial charge < -0.3 is 14.0 Å². The summed E-state index contributed by atoms with van der Waals surface area (Å²) in [6.45, 7) is 1.02. The van der Waals surface area contributed by atoms with Crippen molar-refractivity contribution in [1.82, 2.24) is 10.1 Å². The largest absolute Gasteiger partial charge is 0.486 e. The number of thioether (sulfide) groups is 1. The molecule has 4 rings (SSSR count). The summed E-state index contributed by atoms with van der Waals surface area (Å²) in [5, 5.41) is 4.10. The van der Waals surface area contributed by atoms with Crippen LogP contribution in [-0.2, 0) is 22.7 Å². The Morgan fingerprint density at radius 3 is 2.76 bits per heavy atom. The van der Waals surface area contributed by atoms with Gasteiger partial charge in [0, 0.05) is 29.8 Å². The van der Waals surface area contributed by atoms with Gasteiger partial charge in [-0.3, -0.25) is 9.69 Å². The highest BCUT2D eigenvalue weighted by atomic mass is 32.2. The molecule has 7 heteroatoms. The molecule has 0 amide bonds. The molecule has 0 aliphatic carbocycles. The fourth-order valence-electron chi connectivity index (χ4n) is 3.19. The maximum absolute atomic E-state index is 11.9. The molecule has 6 nitrogen and oxygen atoms in total. The summed E-state index contributed by atoms with van der Waals surface area (Å²) in [6.07, 6.45) is 0. The highest BCUT2D eigenvalue weighted by molar-refractivity contribution is 7.99. The van der Waals surface area contributed by atoms with Crippen LogP contribution in [0.5, 0.6) is 5.75 Å². The van der Waals surface area contributed by atoms with Crippen molar-refractivity contribution < 1.29 is 18.8 Å². The quantitative estimate of drug-likeness (QED) is 0.546. The van der Waals surface area contributed by atoms with Crippen LogP contribution < -0.4 is 4.74 Å². The number of hydrogen-bond acceptors (Lipinski definition) is 7. The molecule has 3 aromatic rings. The van der Waals surface area contributed by atoms with E-state index in [1.165, 1.54) is 7.11 Å². The van der Waals surface area contributed by atoms with Crippen LogP contribution in [0.1, 0.15) is 11.3 Å². The molecule has 1 aliphatic rings. The van der Waals surface area contributed by atoms with Crippen LogP contribution in [0.25, 0.3) is 11.3 Å². The van der Waals surface area contributed by atoms with E-state index in [-0.39, 0.29) is 12.0 Å². The molecule has 0 spiro atoms. The van der Waals surface area contributed by atoms with Gasteiger partial charge >= 0.3 is 5.97 Å². The lowest BCUT2D eigenvalue weighted by molar-refractivity contribution is -0.145. The summed E-state index contributed by atoms with van der Waals surface area (Å²) >= 11 is 1.75. The van der Waals surface area contributed by atoms with E-state index in [1.807, 2.05) is 60.7 Å². The molecule has 29 heavy (non-hydrogen) atoms. The Balaban J connectivity index is 1.32. The van der Waals surface area contributed by atoms with Crippen LogP contribution in [0.15, 0.2) is 65.2 Å². The van der Waals surface area contributed by atoms with Crippen molar-refractivity contribution in [3.63, 3.8) is 0 Å². The maximum Gasteiger partial charge on any atom is 0.323 e. The van der Waals surface area contributed by atoms with Gasteiger partial charge in [0.15, 0.2) is 5.76 Å². The lowest BCUT2D eigenvalue weighted by Gasteiger charge is -2.21. The third-order valence-corrected chi connectivity index (χ3v) is 5.83. The first kappa shape index (κ1) is 19.5. The number of methoxy groups -OCH3 is 1. The summed E-state index contributed by atoms with van der Waals surface area (Å²) in [5.41, 5.74) is 2.93. The number of nitrogens with zero attached hydrogens (tertiary/aromatic N) is 2. The predicted octanol–water partition coefficient (Wildman–Crippen LogP) is 3.97. The van der Waals surface area contributed by atoms with Gasteiger partial charge in [-0.05, 0) is 17.7 Å². The fourth-order valence-corrected chi connectivity index (χ4v) is 4.37. The van der Waals surface area contributed by atoms with E-state index < -0.39 is 0 Å². The lowest BCUT2D eigenvalue weighted by Crippen LogP contribution is -2.38. The predicted molar refractivity (Wildman–Crippen MR) is 111 cm³/mol. The minimum absolute atomic E-state index is 0.170. The minimum Gasteiger partial charge on any atom is -0.486 e. The Morgan fingerprint density at radius 1 is 1.21 bits per heavy atom. The molecule has 0 radical (unpaired) electrons. The molecule has 1 aromatic heterocycles. The number of carbonyl (C=O) groups is 1. The molecular formula is C22H22N2O4S. The van der Waals surface area contributed by atoms with Crippen molar-refractivity contribution >= 4 is 17.7 Å². The van der Waals surface area contributed by atoms with Crippen molar-refractivity contribution in [3.8, 4) is 17.0 Å². The average molecular weight is 410 g/mol. The standard InChI is InChI=1S/C22H22N2O4S/c1-26-22(25)21-14-29-15-24(21)12-16-7-9-18(10-8-16)27-13-19-11-20(23-28-19)17-5-3-2-4-6-17/h2-11,21H,12-15H2,1H3/t21-/m0/s1. The van der Waals surface area contributed by atoms with Gasteiger partial charge in [-0.15, -0.1) is 11.8 Å². The third-order valence-electron chi connectivity index (χ3n) is 4.77. The number of carbonyl (C=O) groups excluding carboxylic acids is 1. The van der Waals surface area contributed by atoms with Crippen LogP contribution in [0.2, 0.25) is 0 Å². The van der Waals surface area contributed by atoms with Crippen molar-refractivity contribution in [2.45, 2.75) is 19.2 Å². The maximum atomic E-state index is 11.9. The molecule has 2 aromatic carbocycles. The van der Waals surface area contributed by atoms with E-state index in [0.717, 1.165) is 34.2 Å². The lowest BCUT2D eigenvalue weighted by atomic mass is 10.1. The van der Waals surface area contributed by atoms with Crippen molar-refractivity contribution in [2.75, 3.05) is 18.7 Å². The van der Waals surface area contributed by atoms with E-state index in [1.54, 1.807) is 11.8 Å². The van der Waals surface area contributed by atoms with Gasteiger partial charge in [-0.1, -0.05) is 47.6 Å². The molecule has 0 saturated carbocycles. The molecule has 1 fully saturated rings. The summed E-state index contributed by atoms with van der Waals surface area (Å²) in [7, 11) is 1.44. The summed E-state index contributed by atoms with van der Waals surface area (Å²) < 4.78 is 16.1. The molecule has 2 heterocycles. The number of rotatable bonds is 7. The number of benzene rings is 2. The van der Waals surface area contributed by atoms with E-state index in [9.17, 15) is 4.79 Å². The smallest absolute Gasteiger partial charge is 0.323 e. The van der Waals surface area contributed by atoms with Crippen LogP contribution >= 0.6 is 11.8 Å². The highest BCUT2D eigenvalue weighted by Crippen LogP contribution is 2.25. The Hall–Kier alpha value is -2.77. The van der Waals surface area contributed by atoms with Gasteiger partial charge in [0.25, 0.3) is 0 Å². The van der Waals surface area contributed by atoms with Gasteiger partial charge in [-0.25, -0.2) is 0 Å². The number of hydrogen-bond donors (Lipinski definition) is 0. The average Bonchev–Trinajstić information content (AvgIpc) is 3.43. The van der Waals surface area contributed by atoms with Crippen LogP contribution in [0.3, 0.4) is 0 Å². The third kappa shape index (κ3) is 4.81. The van der Waals surface area contributed by atoms with Crippen molar-refractivity contribution in [2.24, 2.45) is 0 Å². The monoisotopic (exact) mass is 410 g/mol. The zero-order chi connectivity index (χ0) is 20.1. The Morgan fingerprint density at radius 2 is 2.00 bits per heavy atom. The first-order chi connectivity index (χ1) is 14.2. The molecule has 1 saturated heterocycles. The number of ether oxygens (including phenoxy) is 2. The van der Waals surface area contributed by atoms with Crippen LogP contribution in [0, 0.1) is 0 Å². The topological polar surface area (TPSA) is 64.8 Å². The van der Waals surface area contributed by atoms with Gasteiger partial charge in [0.2, 0.25) is 0 Å². The van der Waals surface area contributed by atoms with Crippen molar-refractivity contribution in [3.05, 3.63) is 72.0 Å². The van der Waals surface area contributed by atoms with Gasteiger partial charge in [-0.2, -0.15) is 0 Å². The zero-order valence-corrected chi connectivity index (χ0v) is 16.9. The fraction of sp³-hybridized carbons (Fsp3) is 0.273. The summed E-state index contributed by atoms with van der Waals surface area (Å²) in [6, 6.07) is 19.5. The van der Waals surface area contributed by atoms with E-state index >= 15 is 0 Å². The second kappa shape index (κ2) is 9.15. The molecule has 1 aliphatic heterocycles. The van der Waals surface area contributed by atoms with E-state index in [4.69, 9.17) is 14.0 Å². The molecule has 1 atom stereocenters. The normalized spacial score (nSPS) is 16.7.